The monoisotopic (exact) mass is 317 g/mol. The van der Waals surface area contributed by atoms with Crippen molar-refractivity contribution in [2.24, 2.45) is 5.92 Å². The molecule has 0 aliphatic heterocycles. The summed E-state index contributed by atoms with van der Waals surface area (Å²) in [5, 5.41) is 3.81. The Balaban J connectivity index is 1.59. The molecule has 0 spiro atoms. The lowest BCUT2D eigenvalue weighted by molar-refractivity contribution is -0.152. The van der Waals surface area contributed by atoms with Gasteiger partial charge in [0.25, 0.3) is 0 Å². The molecule has 0 radical (unpaired) electrons. The Hall–Kier alpha value is -2.50. The Bertz CT molecular complexity index is 725. The van der Waals surface area contributed by atoms with Crippen LogP contribution in [0.2, 0.25) is 0 Å². The number of aromatic nitrogens is 1. The van der Waals surface area contributed by atoms with E-state index in [9.17, 15) is 14.0 Å². The second-order valence-corrected chi connectivity index (χ2v) is 5.63. The van der Waals surface area contributed by atoms with E-state index >= 15 is 0 Å². The van der Waals surface area contributed by atoms with Crippen LogP contribution in [-0.4, -0.2) is 16.9 Å². The van der Waals surface area contributed by atoms with Crippen LogP contribution in [0.1, 0.15) is 31.4 Å². The summed E-state index contributed by atoms with van der Waals surface area (Å²) >= 11 is 0. The number of carbonyl (C=O) groups excluding carboxylic acids is 2. The SMILES string of the molecule is O=C1CCCC(C(=O)OCc2cc(-c3cccc(F)c3)on2)C1. The maximum Gasteiger partial charge on any atom is 0.309 e. The first-order valence-corrected chi connectivity index (χ1v) is 7.51. The van der Waals surface area contributed by atoms with Gasteiger partial charge in [-0.05, 0) is 25.0 Å². The van der Waals surface area contributed by atoms with E-state index in [-0.39, 0.29) is 36.5 Å². The number of ether oxygens (including phenoxy) is 1. The van der Waals surface area contributed by atoms with Gasteiger partial charge in [-0.25, -0.2) is 4.39 Å². The fourth-order valence-electron chi connectivity index (χ4n) is 2.65. The molecule has 1 saturated carbocycles. The molecule has 1 heterocycles. The van der Waals surface area contributed by atoms with Crippen LogP contribution >= 0.6 is 0 Å². The molecule has 0 saturated heterocycles. The molecule has 3 rings (SSSR count). The van der Waals surface area contributed by atoms with E-state index in [0.29, 0.717) is 29.9 Å². The molecular weight excluding hydrogens is 301 g/mol. The molecule has 1 aliphatic carbocycles. The molecule has 2 aromatic rings. The fourth-order valence-corrected chi connectivity index (χ4v) is 2.65. The zero-order valence-corrected chi connectivity index (χ0v) is 12.5. The number of hydrogen-bond acceptors (Lipinski definition) is 5. The smallest absolute Gasteiger partial charge is 0.309 e. The normalized spacial score (nSPS) is 18.0. The third-order valence-electron chi connectivity index (χ3n) is 3.85. The van der Waals surface area contributed by atoms with Gasteiger partial charge in [0.2, 0.25) is 0 Å². The van der Waals surface area contributed by atoms with Gasteiger partial charge in [0.05, 0.1) is 5.92 Å². The standard InChI is InChI=1S/C17H16FNO4/c18-13-5-1-3-11(7-13)16-9-14(19-23-16)10-22-17(21)12-4-2-6-15(20)8-12/h1,3,5,7,9,12H,2,4,6,8,10H2. The van der Waals surface area contributed by atoms with Crippen LogP contribution in [-0.2, 0) is 20.9 Å². The van der Waals surface area contributed by atoms with Crippen LogP contribution in [0.3, 0.4) is 0 Å². The molecule has 1 atom stereocenters. The number of benzene rings is 1. The molecule has 5 nitrogen and oxygen atoms in total. The molecule has 0 bridgehead atoms. The van der Waals surface area contributed by atoms with E-state index in [1.54, 1.807) is 18.2 Å². The Labute approximate surface area is 132 Å². The Morgan fingerprint density at radius 1 is 1.39 bits per heavy atom. The average molecular weight is 317 g/mol. The number of rotatable bonds is 4. The van der Waals surface area contributed by atoms with Crippen LogP contribution in [0.5, 0.6) is 0 Å². The quantitative estimate of drug-likeness (QED) is 0.809. The Kier molecular flexibility index (Phi) is 4.50. The van der Waals surface area contributed by atoms with E-state index in [2.05, 4.69) is 5.16 Å². The topological polar surface area (TPSA) is 69.4 Å². The van der Waals surface area contributed by atoms with Crippen molar-refractivity contribution >= 4 is 11.8 Å². The maximum absolute atomic E-state index is 13.2. The van der Waals surface area contributed by atoms with Gasteiger partial charge in [0.15, 0.2) is 5.76 Å². The summed E-state index contributed by atoms with van der Waals surface area (Å²) in [6.07, 6.45) is 2.21. The van der Waals surface area contributed by atoms with Crippen LogP contribution < -0.4 is 0 Å². The summed E-state index contributed by atoms with van der Waals surface area (Å²) in [6, 6.07) is 7.56. The average Bonchev–Trinajstić information content (AvgIpc) is 3.01. The molecule has 23 heavy (non-hydrogen) atoms. The van der Waals surface area contributed by atoms with Crippen molar-refractivity contribution < 1.29 is 23.2 Å². The van der Waals surface area contributed by atoms with Crippen molar-refractivity contribution in [1.29, 1.82) is 0 Å². The lowest BCUT2D eigenvalue weighted by atomic mass is 9.88. The first-order valence-electron chi connectivity index (χ1n) is 7.51. The third-order valence-corrected chi connectivity index (χ3v) is 3.85. The van der Waals surface area contributed by atoms with Crippen molar-refractivity contribution in [3.05, 3.63) is 41.8 Å². The summed E-state index contributed by atoms with van der Waals surface area (Å²) in [5.74, 6) is -0.593. The predicted octanol–water partition coefficient (Wildman–Crippen LogP) is 3.28. The van der Waals surface area contributed by atoms with Crippen LogP contribution in [0.25, 0.3) is 11.3 Å². The van der Waals surface area contributed by atoms with Gasteiger partial charge < -0.3 is 9.26 Å². The number of Topliss-reactive ketones (excluding diaryl/α,β-unsaturated/α-hetero) is 1. The minimum Gasteiger partial charge on any atom is -0.459 e. The Morgan fingerprint density at radius 3 is 3.04 bits per heavy atom. The van der Waals surface area contributed by atoms with E-state index in [1.807, 2.05) is 0 Å². The lowest BCUT2D eigenvalue weighted by Gasteiger charge is -2.18. The summed E-state index contributed by atoms with van der Waals surface area (Å²) in [6.45, 7) is -0.0255. The van der Waals surface area contributed by atoms with Gasteiger partial charge in [-0.2, -0.15) is 0 Å². The van der Waals surface area contributed by atoms with Gasteiger partial charge >= 0.3 is 5.97 Å². The van der Waals surface area contributed by atoms with E-state index < -0.39 is 0 Å². The first-order chi connectivity index (χ1) is 11.1. The molecular formula is C17H16FNO4. The van der Waals surface area contributed by atoms with Crippen molar-refractivity contribution in [3.63, 3.8) is 0 Å². The predicted molar refractivity (Wildman–Crippen MR) is 78.7 cm³/mol. The molecule has 1 aromatic heterocycles. The molecule has 0 amide bonds. The minimum atomic E-state index is -0.381. The lowest BCUT2D eigenvalue weighted by Crippen LogP contribution is -2.24. The van der Waals surface area contributed by atoms with Crippen LogP contribution in [0.15, 0.2) is 34.9 Å². The first kappa shape index (κ1) is 15.4. The van der Waals surface area contributed by atoms with E-state index in [4.69, 9.17) is 9.26 Å². The fraction of sp³-hybridized carbons (Fsp3) is 0.353. The van der Waals surface area contributed by atoms with E-state index in [0.717, 1.165) is 6.42 Å². The molecule has 1 aromatic carbocycles. The van der Waals surface area contributed by atoms with Crippen LogP contribution in [0.4, 0.5) is 4.39 Å². The number of nitrogens with zero attached hydrogens (tertiary/aromatic N) is 1. The van der Waals surface area contributed by atoms with Gasteiger partial charge in [-0.1, -0.05) is 17.3 Å². The number of ketones is 1. The highest BCUT2D eigenvalue weighted by Crippen LogP contribution is 2.24. The molecule has 1 aliphatic rings. The van der Waals surface area contributed by atoms with Gasteiger partial charge in [0.1, 0.15) is 23.9 Å². The summed E-state index contributed by atoms with van der Waals surface area (Å²) in [4.78, 5) is 23.3. The highest BCUT2D eigenvalue weighted by Gasteiger charge is 2.27. The van der Waals surface area contributed by atoms with Crippen molar-refractivity contribution in [3.8, 4) is 11.3 Å². The molecule has 6 heteroatoms. The zero-order valence-electron chi connectivity index (χ0n) is 12.5. The summed E-state index contributed by atoms with van der Waals surface area (Å²) in [7, 11) is 0. The van der Waals surface area contributed by atoms with E-state index in [1.165, 1.54) is 12.1 Å². The third kappa shape index (κ3) is 3.83. The molecule has 0 N–H and O–H groups in total. The second kappa shape index (κ2) is 6.73. The summed E-state index contributed by atoms with van der Waals surface area (Å²) < 4.78 is 23.5. The summed E-state index contributed by atoms with van der Waals surface area (Å²) in [5.41, 5.74) is 1.01. The van der Waals surface area contributed by atoms with Gasteiger partial charge in [-0.15, -0.1) is 0 Å². The van der Waals surface area contributed by atoms with Crippen molar-refractivity contribution in [2.45, 2.75) is 32.3 Å². The van der Waals surface area contributed by atoms with Crippen molar-refractivity contribution in [2.75, 3.05) is 0 Å². The largest absolute Gasteiger partial charge is 0.459 e. The van der Waals surface area contributed by atoms with Gasteiger partial charge in [-0.3, -0.25) is 9.59 Å². The molecule has 1 unspecified atom stereocenters. The molecule has 120 valence electrons. The molecule has 1 fully saturated rings. The Morgan fingerprint density at radius 2 is 2.26 bits per heavy atom. The second-order valence-electron chi connectivity index (χ2n) is 5.63. The maximum atomic E-state index is 13.2. The highest BCUT2D eigenvalue weighted by atomic mass is 19.1. The number of carbonyl (C=O) groups is 2. The highest BCUT2D eigenvalue weighted by molar-refractivity contribution is 5.85. The number of hydrogen-bond donors (Lipinski definition) is 0. The van der Waals surface area contributed by atoms with Gasteiger partial charge in [0, 0.05) is 24.5 Å². The number of esters is 1. The number of halogens is 1. The van der Waals surface area contributed by atoms with Crippen molar-refractivity contribution in [1.82, 2.24) is 5.16 Å². The zero-order chi connectivity index (χ0) is 16.2. The minimum absolute atomic E-state index is 0.0255. The van der Waals surface area contributed by atoms with Crippen LogP contribution in [0, 0.1) is 11.7 Å².